The third-order valence-electron chi connectivity index (χ3n) is 4.75. The van der Waals surface area contributed by atoms with Crippen molar-refractivity contribution in [1.29, 1.82) is 0 Å². The summed E-state index contributed by atoms with van der Waals surface area (Å²) in [5.41, 5.74) is 0.210. The number of hydrogen-bond donors (Lipinski definition) is 0. The third kappa shape index (κ3) is 4.34. The van der Waals surface area contributed by atoms with Crippen LogP contribution in [0.2, 0.25) is 0 Å². The first kappa shape index (κ1) is 18.7. The number of carbonyl (C=O) groups excluding carboxylic acids is 2. The Bertz CT molecular complexity index is 708. The van der Waals surface area contributed by atoms with E-state index in [2.05, 4.69) is 0 Å². The topological polar surface area (TPSA) is 55.8 Å². The summed E-state index contributed by atoms with van der Waals surface area (Å²) in [6.45, 7) is 6.16. The Morgan fingerprint density at radius 1 is 1.27 bits per heavy atom. The molecule has 0 aromatic heterocycles. The summed E-state index contributed by atoms with van der Waals surface area (Å²) < 4.78 is 24.6. The van der Waals surface area contributed by atoms with Crippen LogP contribution in [0.3, 0.4) is 0 Å². The van der Waals surface area contributed by atoms with Crippen LogP contribution in [0.5, 0.6) is 0 Å². The highest BCUT2D eigenvalue weighted by Crippen LogP contribution is 2.47. The number of nitrogens with zero attached hydrogens (tertiary/aromatic N) is 1. The van der Waals surface area contributed by atoms with Crippen molar-refractivity contribution in [3.8, 4) is 0 Å². The van der Waals surface area contributed by atoms with Crippen LogP contribution in [-0.4, -0.2) is 42.3 Å². The molecule has 2 atom stereocenters. The van der Waals surface area contributed by atoms with E-state index in [4.69, 9.17) is 9.47 Å². The van der Waals surface area contributed by atoms with E-state index in [1.54, 1.807) is 4.90 Å². The second kappa shape index (κ2) is 6.89. The van der Waals surface area contributed by atoms with Crippen molar-refractivity contribution in [3.05, 3.63) is 35.1 Å². The van der Waals surface area contributed by atoms with E-state index in [9.17, 15) is 14.0 Å². The van der Waals surface area contributed by atoms with Crippen molar-refractivity contribution < 1.29 is 23.5 Å². The van der Waals surface area contributed by atoms with Gasteiger partial charge in [0.15, 0.2) is 0 Å². The molecule has 1 aromatic rings. The van der Waals surface area contributed by atoms with Crippen molar-refractivity contribution in [2.24, 2.45) is 5.92 Å². The van der Waals surface area contributed by atoms with E-state index in [1.807, 2.05) is 20.8 Å². The summed E-state index contributed by atoms with van der Waals surface area (Å²) in [6.07, 6.45) is 2.56. The van der Waals surface area contributed by atoms with Crippen molar-refractivity contribution in [3.63, 3.8) is 0 Å². The molecular weight excluding hydrogens is 337 g/mol. The van der Waals surface area contributed by atoms with Gasteiger partial charge in [0.25, 0.3) is 0 Å². The molecule has 0 spiro atoms. The van der Waals surface area contributed by atoms with Gasteiger partial charge >= 0.3 is 12.1 Å². The summed E-state index contributed by atoms with van der Waals surface area (Å²) >= 11 is 0. The van der Waals surface area contributed by atoms with Crippen molar-refractivity contribution in [2.75, 3.05) is 13.7 Å². The highest BCUT2D eigenvalue weighted by atomic mass is 19.1. The normalized spacial score (nSPS) is 21.9. The van der Waals surface area contributed by atoms with Crippen LogP contribution in [0.25, 0.3) is 0 Å². The lowest BCUT2D eigenvalue weighted by atomic mass is 10.1. The standard InChI is InChI=1S/C20H26FNO4/c1-20(2,3)26-19(24)22(11-12-5-6-12)17-10-15(17)14-9-13(18(23)25-4)7-8-16(14)21/h7-9,12,15,17H,5-6,10-11H2,1-4H3. The minimum absolute atomic E-state index is 0.0900. The van der Waals surface area contributed by atoms with Crippen LogP contribution in [-0.2, 0) is 9.47 Å². The van der Waals surface area contributed by atoms with Gasteiger partial charge < -0.3 is 14.4 Å². The molecule has 2 unspecified atom stereocenters. The number of benzene rings is 1. The van der Waals surface area contributed by atoms with Gasteiger partial charge in [0.05, 0.1) is 12.7 Å². The minimum Gasteiger partial charge on any atom is -0.465 e. The zero-order valence-corrected chi connectivity index (χ0v) is 15.8. The Morgan fingerprint density at radius 3 is 2.54 bits per heavy atom. The molecule has 2 aliphatic carbocycles. The van der Waals surface area contributed by atoms with Crippen LogP contribution in [0.15, 0.2) is 18.2 Å². The first-order valence-corrected chi connectivity index (χ1v) is 9.07. The molecule has 2 fully saturated rings. The molecule has 3 rings (SSSR count). The lowest BCUT2D eigenvalue weighted by molar-refractivity contribution is 0.0220. The molecule has 6 heteroatoms. The number of esters is 1. The second-order valence-corrected chi connectivity index (χ2v) is 8.21. The van der Waals surface area contributed by atoms with Gasteiger partial charge in [0.2, 0.25) is 0 Å². The number of amides is 1. The van der Waals surface area contributed by atoms with E-state index < -0.39 is 11.6 Å². The predicted molar refractivity (Wildman–Crippen MR) is 94.5 cm³/mol. The van der Waals surface area contributed by atoms with Gasteiger partial charge in [-0.2, -0.15) is 0 Å². The Hall–Kier alpha value is -2.11. The monoisotopic (exact) mass is 363 g/mol. The average Bonchev–Trinajstić information content (AvgIpc) is 3.45. The lowest BCUT2D eigenvalue weighted by Crippen LogP contribution is -2.40. The van der Waals surface area contributed by atoms with Crippen molar-refractivity contribution >= 4 is 12.1 Å². The van der Waals surface area contributed by atoms with E-state index in [-0.39, 0.29) is 23.9 Å². The Morgan fingerprint density at radius 2 is 1.96 bits per heavy atom. The SMILES string of the molecule is COC(=O)c1ccc(F)c(C2CC2N(CC2CC2)C(=O)OC(C)(C)C)c1. The number of methoxy groups -OCH3 is 1. The minimum atomic E-state index is -0.570. The summed E-state index contributed by atoms with van der Waals surface area (Å²) in [7, 11) is 1.30. The molecule has 1 aromatic carbocycles. The van der Waals surface area contributed by atoms with Gasteiger partial charge in [-0.1, -0.05) is 0 Å². The van der Waals surface area contributed by atoms with Crippen LogP contribution >= 0.6 is 0 Å². The Kier molecular flexibility index (Phi) is 4.95. The largest absolute Gasteiger partial charge is 0.465 e. The maximum atomic E-state index is 14.3. The number of hydrogen-bond acceptors (Lipinski definition) is 4. The van der Waals surface area contributed by atoms with Crippen LogP contribution in [0.4, 0.5) is 9.18 Å². The molecule has 0 heterocycles. The second-order valence-electron chi connectivity index (χ2n) is 8.21. The summed E-state index contributed by atoms with van der Waals surface area (Å²) in [4.78, 5) is 26.1. The molecule has 0 N–H and O–H groups in total. The highest BCUT2D eigenvalue weighted by Gasteiger charge is 2.48. The molecule has 142 valence electrons. The van der Waals surface area contributed by atoms with Gasteiger partial charge in [-0.15, -0.1) is 0 Å². The van der Waals surface area contributed by atoms with Gasteiger partial charge in [-0.3, -0.25) is 0 Å². The molecule has 2 saturated carbocycles. The fourth-order valence-corrected chi connectivity index (χ4v) is 3.18. The molecule has 5 nitrogen and oxygen atoms in total. The highest BCUT2D eigenvalue weighted by molar-refractivity contribution is 5.89. The average molecular weight is 363 g/mol. The van der Waals surface area contributed by atoms with Crippen molar-refractivity contribution in [1.82, 2.24) is 4.90 Å². The third-order valence-corrected chi connectivity index (χ3v) is 4.75. The maximum Gasteiger partial charge on any atom is 0.410 e. The number of carbonyl (C=O) groups is 2. The van der Waals surface area contributed by atoms with Crippen LogP contribution in [0, 0.1) is 11.7 Å². The summed E-state index contributed by atoms with van der Waals surface area (Å²) in [5, 5.41) is 0. The van der Waals surface area contributed by atoms with Crippen LogP contribution < -0.4 is 0 Å². The predicted octanol–water partition coefficient (Wildman–Crippen LogP) is 4.12. The van der Waals surface area contributed by atoms with E-state index in [0.29, 0.717) is 30.0 Å². The zero-order chi connectivity index (χ0) is 19.1. The van der Waals surface area contributed by atoms with Gasteiger partial charge in [-0.25, -0.2) is 14.0 Å². The van der Waals surface area contributed by atoms with E-state index in [0.717, 1.165) is 12.8 Å². The summed E-state index contributed by atoms with van der Waals surface area (Å²) in [5.74, 6) is -0.466. The van der Waals surface area contributed by atoms with Crippen LogP contribution in [0.1, 0.15) is 61.9 Å². The van der Waals surface area contributed by atoms with Crippen molar-refractivity contribution in [2.45, 2.75) is 57.6 Å². The fraction of sp³-hybridized carbons (Fsp3) is 0.600. The maximum absolute atomic E-state index is 14.3. The number of halogens is 1. The first-order valence-electron chi connectivity index (χ1n) is 9.07. The van der Waals surface area contributed by atoms with Gasteiger partial charge in [0.1, 0.15) is 11.4 Å². The Labute approximate surface area is 153 Å². The smallest absolute Gasteiger partial charge is 0.410 e. The molecule has 26 heavy (non-hydrogen) atoms. The Balaban J connectivity index is 1.77. The first-order chi connectivity index (χ1) is 12.2. The number of rotatable bonds is 5. The zero-order valence-electron chi connectivity index (χ0n) is 15.8. The lowest BCUT2D eigenvalue weighted by Gasteiger charge is -2.28. The molecule has 0 aliphatic heterocycles. The molecule has 2 aliphatic rings. The molecular formula is C20H26FNO4. The quantitative estimate of drug-likeness (QED) is 0.739. The van der Waals surface area contributed by atoms with E-state index >= 15 is 0 Å². The molecule has 0 bridgehead atoms. The van der Waals surface area contributed by atoms with Gasteiger partial charge in [-0.05, 0) is 69.7 Å². The number of ether oxygens (including phenoxy) is 2. The fourth-order valence-electron chi connectivity index (χ4n) is 3.18. The molecule has 0 saturated heterocycles. The van der Waals surface area contributed by atoms with Gasteiger partial charge in [0, 0.05) is 18.5 Å². The van der Waals surface area contributed by atoms with E-state index in [1.165, 1.54) is 25.3 Å². The molecule has 0 radical (unpaired) electrons. The molecule has 1 amide bonds. The summed E-state index contributed by atoms with van der Waals surface area (Å²) in [6, 6.07) is 4.15.